The predicted octanol–water partition coefficient (Wildman–Crippen LogP) is 6.40. The van der Waals surface area contributed by atoms with Crippen molar-refractivity contribution in [2.45, 2.75) is 6.92 Å². The van der Waals surface area contributed by atoms with E-state index in [0.717, 1.165) is 9.13 Å². The number of nitrogens with zero attached hydrogens (tertiary/aromatic N) is 1. The van der Waals surface area contributed by atoms with Crippen LogP contribution in [0.3, 0.4) is 0 Å². The van der Waals surface area contributed by atoms with Crippen molar-refractivity contribution >= 4 is 56.9 Å². The van der Waals surface area contributed by atoms with Gasteiger partial charge in [-0.1, -0.05) is 17.7 Å². The van der Waals surface area contributed by atoms with Crippen LogP contribution >= 0.6 is 34.2 Å². The summed E-state index contributed by atoms with van der Waals surface area (Å²) >= 11 is 8.51. The van der Waals surface area contributed by atoms with Crippen LogP contribution in [0, 0.1) is 3.57 Å². The third kappa shape index (κ3) is 4.38. The van der Waals surface area contributed by atoms with E-state index in [9.17, 15) is 4.79 Å². The quantitative estimate of drug-likeness (QED) is 0.310. The van der Waals surface area contributed by atoms with Crippen LogP contribution in [0.1, 0.15) is 17.3 Å². The Kier molecular flexibility index (Phi) is 5.73. The molecular formula is C22H16ClIN2O3. The number of aromatic nitrogens is 1. The summed E-state index contributed by atoms with van der Waals surface area (Å²) in [6, 6.07) is 18.0. The monoisotopic (exact) mass is 518 g/mol. The summed E-state index contributed by atoms with van der Waals surface area (Å²) in [6.45, 7) is 2.44. The summed E-state index contributed by atoms with van der Waals surface area (Å²) in [6.07, 6.45) is 0. The number of benzene rings is 3. The van der Waals surface area contributed by atoms with Crippen molar-refractivity contribution in [1.29, 1.82) is 0 Å². The maximum atomic E-state index is 12.6. The summed E-state index contributed by atoms with van der Waals surface area (Å²) in [5.41, 5.74) is 3.12. The molecular weight excluding hydrogens is 503 g/mol. The number of hydrogen-bond acceptors (Lipinski definition) is 4. The number of rotatable bonds is 5. The van der Waals surface area contributed by atoms with Crippen molar-refractivity contribution in [3.8, 4) is 17.2 Å². The van der Waals surface area contributed by atoms with E-state index in [0.29, 0.717) is 45.6 Å². The Hall–Kier alpha value is -2.58. The second-order valence-corrected chi connectivity index (χ2v) is 7.89. The van der Waals surface area contributed by atoms with Crippen LogP contribution in [0.4, 0.5) is 5.69 Å². The molecule has 1 heterocycles. The van der Waals surface area contributed by atoms with Crippen LogP contribution in [0.15, 0.2) is 65.1 Å². The third-order valence-electron chi connectivity index (χ3n) is 4.21. The molecule has 0 fully saturated rings. The maximum absolute atomic E-state index is 12.6. The molecule has 0 atom stereocenters. The molecule has 0 saturated heterocycles. The fraction of sp³-hybridized carbons (Fsp3) is 0.0909. The first-order chi connectivity index (χ1) is 14.0. The third-order valence-corrected chi connectivity index (χ3v) is 5.21. The van der Waals surface area contributed by atoms with Gasteiger partial charge in [0.2, 0.25) is 5.89 Å². The van der Waals surface area contributed by atoms with Crippen molar-refractivity contribution in [3.05, 3.63) is 74.8 Å². The van der Waals surface area contributed by atoms with Gasteiger partial charge in [0, 0.05) is 14.8 Å². The molecule has 1 aromatic heterocycles. The first kappa shape index (κ1) is 19.7. The summed E-state index contributed by atoms with van der Waals surface area (Å²) in [5.74, 6) is 0.873. The number of oxazole rings is 1. The van der Waals surface area contributed by atoms with Crippen molar-refractivity contribution in [3.63, 3.8) is 0 Å². The van der Waals surface area contributed by atoms with Crippen LogP contribution in [0.25, 0.3) is 22.6 Å². The molecule has 146 valence electrons. The molecule has 0 aliphatic carbocycles. The zero-order valence-corrected chi connectivity index (χ0v) is 18.3. The number of amides is 1. The zero-order chi connectivity index (χ0) is 20.4. The van der Waals surface area contributed by atoms with Gasteiger partial charge in [-0.05, 0) is 84.1 Å². The molecule has 0 bridgehead atoms. The Bertz CT molecular complexity index is 1210. The van der Waals surface area contributed by atoms with Gasteiger partial charge in [-0.3, -0.25) is 4.79 Å². The van der Waals surface area contributed by atoms with E-state index in [2.05, 4.69) is 32.9 Å². The Morgan fingerprint density at radius 2 is 2.03 bits per heavy atom. The lowest BCUT2D eigenvalue weighted by Gasteiger charge is -2.07. The Balaban J connectivity index is 1.60. The van der Waals surface area contributed by atoms with Crippen molar-refractivity contribution < 1.29 is 13.9 Å². The lowest BCUT2D eigenvalue weighted by molar-refractivity contribution is 0.102. The average molecular weight is 519 g/mol. The van der Waals surface area contributed by atoms with Gasteiger partial charge in [-0.15, -0.1) is 0 Å². The van der Waals surface area contributed by atoms with Crippen molar-refractivity contribution in [2.24, 2.45) is 0 Å². The lowest BCUT2D eigenvalue weighted by Crippen LogP contribution is -2.11. The molecule has 0 radical (unpaired) electrons. The van der Waals surface area contributed by atoms with E-state index >= 15 is 0 Å². The number of hydrogen-bond donors (Lipinski definition) is 1. The Morgan fingerprint density at radius 1 is 1.17 bits per heavy atom. The second-order valence-electron chi connectivity index (χ2n) is 6.24. The minimum absolute atomic E-state index is 0.227. The van der Waals surface area contributed by atoms with Gasteiger partial charge in [-0.2, -0.15) is 0 Å². The largest absolute Gasteiger partial charge is 0.494 e. The normalized spacial score (nSPS) is 10.9. The molecule has 4 aromatic rings. The molecule has 5 nitrogen and oxygen atoms in total. The molecule has 4 rings (SSSR count). The SMILES string of the molecule is CCOc1cccc(C(=O)Nc2ccc3oc(-c4cc(I)ccc4Cl)nc3c2)c1. The summed E-state index contributed by atoms with van der Waals surface area (Å²) in [7, 11) is 0. The molecule has 0 saturated carbocycles. The van der Waals surface area contributed by atoms with Gasteiger partial charge in [-0.25, -0.2) is 4.98 Å². The number of ether oxygens (including phenoxy) is 1. The van der Waals surface area contributed by atoms with Crippen LogP contribution in [0.5, 0.6) is 5.75 Å². The molecule has 1 N–H and O–H groups in total. The standard InChI is InChI=1S/C22H16ClIN2O3/c1-2-28-16-5-3-4-13(10-16)21(27)25-15-7-9-20-19(12-15)26-22(29-20)17-11-14(24)6-8-18(17)23/h3-12H,2H2,1H3,(H,25,27). The molecule has 0 unspecified atom stereocenters. The smallest absolute Gasteiger partial charge is 0.255 e. The zero-order valence-electron chi connectivity index (χ0n) is 15.4. The fourth-order valence-corrected chi connectivity index (χ4v) is 3.57. The Labute approximate surface area is 186 Å². The minimum Gasteiger partial charge on any atom is -0.494 e. The summed E-state index contributed by atoms with van der Waals surface area (Å²) in [4.78, 5) is 17.1. The van der Waals surface area contributed by atoms with Gasteiger partial charge in [0.05, 0.1) is 17.2 Å². The van der Waals surface area contributed by atoms with Gasteiger partial charge in [0.15, 0.2) is 5.58 Å². The number of carbonyl (C=O) groups excluding carboxylic acids is 1. The van der Waals surface area contributed by atoms with E-state index in [1.54, 1.807) is 36.4 Å². The van der Waals surface area contributed by atoms with Gasteiger partial charge in [0.1, 0.15) is 11.3 Å². The number of fused-ring (bicyclic) bond motifs is 1. The highest BCUT2D eigenvalue weighted by Crippen LogP contribution is 2.32. The van der Waals surface area contributed by atoms with Crippen LogP contribution in [-0.4, -0.2) is 17.5 Å². The molecule has 1 amide bonds. The highest BCUT2D eigenvalue weighted by atomic mass is 127. The van der Waals surface area contributed by atoms with E-state index in [1.807, 2.05) is 31.2 Å². The molecule has 0 aliphatic rings. The fourth-order valence-electron chi connectivity index (χ4n) is 2.88. The van der Waals surface area contributed by atoms with Gasteiger partial charge < -0.3 is 14.5 Å². The first-order valence-electron chi connectivity index (χ1n) is 8.93. The van der Waals surface area contributed by atoms with Gasteiger partial charge in [0.25, 0.3) is 5.91 Å². The average Bonchev–Trinajstić information content (AvgIpc) is 3.13. The van der Waals surface area contributed by atoms with E-state index in [4.69, 9.17) is 20.8 Å². The lowest BCUT2D eigenvalue weighted by atomic mass is 10.2. The highest BCUT2D eigenvalue weighted by molar-refractivity contribution is 14.1. The van der Waals surface area contributed by atoms with Crippen LogP contribution < -0.4 is 10.1 Å². The number of halogens is 2. The topological polar surface area (TPSA) is 64.4 Å². The van der Waals surface area contributed by atoms with E-state index in [1.165, 1.54) is 0 Å². The number of nitrogens with one attached hydrogen (secondary N) is 1. The van der Waals surface area contributed by atoms with Crippen molar-refractivity contribution in [1.82, 2.24) is 4.98 Å². The molecule has 29 heavy (non-hydrogen) atoms. The molecule has 3 aromatic carbocycles. The maximum Gasteiger partial charge on any atom is 0.255 e. The van der Waals surface area contributed by atoms with Crippen LogP contribution in [0.2, 0.25) is 5.02 Å². The second kappa shape index (κ2) is 8.42. The van der Waals surface area contributed by atoms with Gasteiger partial charge >= 0.3 is 0 Å². The minimum atomic E-state index is -0.227. The number of carbonyl (C=O) groups is 1. The predicted molar refractivity (Wildman–Crippen MR) is 123 cm³/mol. The molecule has 7 heteroatoms. The molecule has 0 spiro atoms. The van der Waals surface area contributed by atoms with E-state index < -0.39 is 0 Å². The van der Waals surface area contributed by atoms with Crippen molar-refractivity contribution in [2.75, 3.05) is 11.9 Å². The summed E-state index contributed by atoms with van der Waals surface area (Å²) < 4.78 is 12.3. The summed E-state index contributed by atoms with van der Waals surface area (Å²) in [5, 5.41) is 3.45. The van der Waals surface area contributed by atoms with Crippen LogP contribution in [-0.2, 0) is 0 Å². The first-order valence-corrected chi connectivity index (χ1v) is 10.4. The number of anilines is 1. The Morgan fingerprint density at radius 3 is 2.86 bits per heavy atom. The highest BCUT2D eigenvalue weighted by Gasteiger charge is 2.14. The van der Waals surface area contributed by atoms with E-state index in [-0.39, 0.29) is 5.91 Å². The molecule has 0 aliphatic heterocycles.